The summed E-state index contributed by atoms with van der Waals surface area (Å²) in [7, 11) is 0. The van der Waals surface area contributed by atoms with Crippen molar-refractivity contribution in [3.8, 4) is 0 Å². The topological polar surface area (TPSA) is 24.9 Å². The molecule has 3 rings (SSSR count). The first kappa shape index (κ1) is 8.72. The maximum atomic E-state index is 4.64. The lowest BCUT2D eigenvalue weighted by Gasteiger charge is -2.06. The Morgan fingerprint density at radius 3 is 2.87 bits per heavy atom. The van der Waals surface area contributed by atoms with Crippen molar-refractivity contribution in [2.45, 2.75) is 25.8 Å². The van der Waals surface area contributed by atoms with Gasteiger partial charge in [-0.1, -0.05) is 18.2 Å². The highest BCUT2D eigenvalue weighted by Gasteiger charge is 2.21. The number of hydrogen-bond donors (Lipinski definition) is 1. The second kappa shape index (κ2) is 3.23. The largest absolute Gasteiger partial charge is 0.367 e. The molecule has 0 amide bonds. The molecular formula is C13H14N2. The SMILES string of the molecule is Cc1cccc2ccc(NC3CC3)nc12. The Balaban J connectivity index is 2.07. The molecule has 0 spiro atoms. The summed E-state index contributed by atoms with van der Waals surface area (Å²) in [6.45, 7) is 2.11. The molecule has 1 fully saturated rings. The molecule has 0 atom stereocenters. The molecule has 1 aromatic heterocycles. The lowest BCUT2D eigenvalue weighted by atomic mass is 10.1. The molecule has 76 valence electrons. The molecule has 0 bridgehead atoms. The van der Waals surface area contributed by atoms with Crippen molar-refractivity contribution >= 4 is 16.7 Å². The van der Waals surface area contributed by atoms with Crippen LogP contribution in [0.1, 0.15) is 18.4 Å². The van der Waals surface area contributed by atoms with Gasteiger partial charge in [0.05, 0.1) is 5.52 Å². The number of pyridine rings is 1. The Bertz CT molecular complexity index is 501. The van der Waals surface area contributed by atoms with Gasteiger partial charge in [0.2, 0.25) is 0 Å². The van der Waals surface area contributed by atoms with Crippen molar-refractivity contribution in [3.63, 3.8) is 0 Å². The molecule has 1 aromatic carbocycles. The van der Waals surface area contributed by atoms with Crippen LogP contribution in [0.15, 0.2) is 30.3 Å². The van der Waals surface area contributed by atoms with Crippen LogP contribution in [0.3, 0.4) is 0 Å². The van der Waals surface area contributed by atoms with Crippen LogP contribution in [0, 0.1) is 6.92 Å². The highest BCUT2D eigenvalue weighted by molar-refractivity contribution is 5.83. The second-order valence-electron chi connectivity index (χ2n) is 4.26. The van der Waals surface area contributed by atoms with E-state index in [1.165, 1.54) is 23.8 Å². The van der Waals surface area contributed by atoms with Crippen LogP contribution in [0.2, 0.25) is 0 Å². The highest BCUT2D eigenvalue weighted by Crippen LogP contribution is 2.25. The van der Waals surface area contributed by atoms with E-state index in [-0.39, 0.29) is 0 Å². The van der Waals surface area contributed by atoms with Crippen LogP contribution < -0.4 is 5.32 Å². The van der Waals surface area contributed by atoms with Crippen molar-refractivity contribution < 1.29 is 0 Å². The third-order valence-electron chi connectivity index (χ3n) is 2.85. The zero-order valence-corrected chi connectivity index (χ0v) is 8.83. The summed E-state index contributed by atoms with van der Waals surface area (Å²) in [6, 6.07) is 11.2. The van der Waals surface area contributed by atoms with Gasteiger partial charge in [0.25, 0.3) is 0 Å². The maximum Gasteiger partial charge on any atom is 0.126 e. The smallest absolute Gasteiger partial charge is 0.126 e. The third-order valence-corrected chi connectivity index (χ3v) is 2.85. The van der Waals surface area contributed by atoms with Crippen LogP contribution in [0.25, 0.3) is 10.9 Å². The van der Waals surface area contributed by atoms with Gasteiger partial charge in [-0.15, -0.1) is 0 Å². The fourth-order valence-corrected chi connectivity index (χ4v) is 1.81. The van der Waals surface area contributed by atoms with Gasteiger partial charge >= 0.3 is 0 Å². The van der Waals surface area contributed by atoms with Crippen molar-refractivity contribution in [3.05, 3.63) is 35.9 Å². The van der Waals surface area contributed by atoms with Crippen molar-refractivity contribution in [2.75, 3.05) is 5.32 Å². The van der Waals surface area contributed by atoms with E-state index in [9.17, 15) is 0 Å². The summed E-state index contributed by atoms with van der Waals surface area (Å²) in [5, 5.41) is 4.64. The van der Waals surface area contributed by atoms with Gasteiger partial charge in [-0.2, -0.15) is 0 Å². The average Bonchev–Trinajstić information content (AvgIpc) is 3.03. The molecule has 0 aliphatic heterocycles. The number of nitrogens with zero attached hydrogens (tertiary/aromatic N) is 1. The molecule has 1 aliphatic carbocycles. The molecule has 0 saturated heterocycles. The van der Waals surface area contributed by atoms with Crippen molar-refractivity contribution in [1.82, 2.24) is 4.98 Å². The van der Waals surface area contributed by atoms with E-state index in [4.69, 9.17) is 0 Å². The van der Waals surface area contributed by atoms with Crippen LogP contribution in [-0.2, 0) is 0 Å². The highest BCUT2D eigenvalue weighted by atomic mass is 15.0. The summed E-state index contributed by atoms with van der Waals surface area (Å²) >= 11 is 0. The molecule has 2 heteroatoms. The molecule has 1 N–H and O–H groups in total. The number of aromatic nitrogens is 1. The Morgan fingerprint density at radius 2 is 2.07 bits per heavy atom. The number of hydrogen-bond acceptors (Lipinski definition) is 2. The van der Waals surface area contributed by atoms with E-state index < -0.39 is 0 Å². The van der Waals surface area contributed by atoms with Gasteiger partial charge in [-0.05, 0) is 37.5 Å². The number of aryl methyl sites for hydroxylation is 1. The van der Waals surface area contributed by atoms with E-state index in [0.29, 0.717) is 6.04 Å². The normalized spacial score (nSPS) is 15.5. The number of benzene rings is 1. The third kappa shape index (κ3) is 1.67. The Morgan fingerprint density at radius 1 is 1.20 bits per heavy atom. The van der Waals surface area contributed by atoms with Crippen molar-refractivity contribution in [1.29, 1.82) is 0 Å². The van der Waals surface area contributed by atoms with E-state index in [0.717, 1.165) is 11.3 Å². The van der Waals surface area contributed by atoms with Gasteiger partial charge in [-0.25, -0.2) is 4.98 Å². The van der Waals surface area contributed by atoms with Crippen LogP contribution >= 0.6 is 0 Å². The number of fused-ring (bicyclic) bond motifs is 1. The van der Waals surface area contributed by atoms with Crippen LogP contribution in [-0.4, -0.2) is 11.0 Å². The minimum absolute atomic E-state index is 0.666. The molecular weight excluding hydrogens is 184 g/mol. The molecule has 15 heavy (non-hydrogen) atoms. The van der Waals surface area contributed by atoms with Gasteiger partial charge in [0.1, 0.15) is 5.82 Å². The van der Waals surface area contributed by atoms with E-state index >= 15 is 0 Å². The quantitative estimate of drug-likeness (QED) is 0.802. The van der Waals surface area contributed by atoms with Crippen LogP contribution in [0.5, 0.6) is 0 Å². The lowest BCUT2D eigenvalue weighted by Crippen LogP contribution is -2.02. The number of rotatable bonds is 2. The second-order valence-corrected chi connectivity index (χ2v) is 4.26. The predicted octanol–water partition coefficient (Wildman–Crippen LogP) is 3.12. The van der Waals surface area contributed by atoms with Gasteiger partial charge < -0.3 is 5.32 Å². The van der Waals surface area contributed by atoms with E-state index in [1.807, 2.05) is 0 Å². The monoisotopic (exact) mass is 198 g/mol. The number of nitrogens with one attached hydrogen (secondary N) is 1. The zero-order chi connectivity index (χ0) is 10.3. The molecule has 2 nitrogen and oxygen atoms in total. The molecule has 1 saturated carbocycles. The zero-order valence-electron chi connectivity index (χ0n) is 8.83. The molecule has 0 radical (unpaired) electrons. The minimum atomic E-state index is 0.666. The summed E-state index contributed by atoms with van der Waals surface area (Å²) in [5.41, 5.74) is 2.36. The predicted molar refractivity (Wildman–Crippen MR) is 63.1 cm³/mol. The summed E-state index contributed by atoms with van der Waals surface area (Å²) in [6.07, 6.45) is 2.57. The van der Waals surface area contributed by atoms with Crippen molar-refractivity contribution in [2.24, 2.45) is 0 Å². The Labute approximate surface area is 89.3 Å². The number of para-hydroxylation sites is 1. The Hall–Kier alpha value is -1.57. The average molecular weight is 198 g/mol. The molecule has 0 unspecified atom stereocenters. The lowest BCUT2D eigenvalue weighted by molar-refractivity contribution is 1.12. The van der Waals surface area contributed by atoms with Gasteiger partial charge in [0.15, 0.2) is 0 Å². The first-order valence-corrected chi connectivity index (χ1v) is 5.46. The molecule has 1 heterocycles. The Kier molecular flexibility index (Phi) is 1.88. The molecule has 1 aliphatic rings. The summed E-state index contributed by atoms with van der Waals surface area (Å²) < 4.78 is 0. The molecule has 2 aromatic rings. The number of anilines is 1. The van der Waals surface area contributed by atoms with Gasteiger partial charge in [0, 0.05) is 11.4 Å². The standard InChI is InChI=1S/C13H14N2/c1-9-3-2-4-10-5-8-12(15-13(9)10)14-11-6-7-11/h2-5,8,11H,6-7H2,1H3,(H,14,15). The van der Waals surface area contributed by atoms with E-state index in [1.54, 1.807) is 0 Å². The summed E-state index contributed by atoms with van der Waals surface area (Å²) in [4.78, 5) is 4.64. The van der Waals surface area contributed by atoms with Crippen LogP contribution in [0.4, 0.5) is 5.82 Å². The fourth-order valence-electron chi connectivity index (χ4n) is 1.81. The van der Waals surface area contributed by atoms with Gasteiger partial charge in [-0.3, -0.25) is 0 Å². The maximum absolute atomic E-state index is 4.64. The fraction of sp³-hybridized carbons (Fsp3) is 0.308. The minimum Gasteiger partial charge on any atom is -0.367 e. The first-order valence-electron chi connectivity index (χ1n) is 5.46. The summed E-state index contributed by atoms with van der Waals surface area (Å²) in [5.74, 6) is 1.01. The first-order chi connectivity index (χ1) is 7.33. The van der Waals surface area contributed by atoms with E-state index in [2.05, 4.69) is 47.6 Å².